The lowest BCUT2D eigenvalue weighted by Gasteiger charge is -2.41. The van der Waals surface area contributed by atoms with Crippen molar-refractivity contribution in [2.75, 3.05) is 18.0 Å². The van der Waals surface area contributed by atoms with Gasteiger partial charge in [0.05, 0.1) is 6.10 Å². The molecule has 106 valence electrons. The quantitative estimate of drug-likeness (QED) is 0.901. The normalized spacial score (nSPS) is 20.3. The number of piperidine rings is 1. The van der Waals surface area contributed by atoms with Crippen LogP contribution in [0.2, 0.25) is 0 Å². The number of aromatic nitrogens is 1. The smallest absolute Gasteiger partial charge is 0.128 e. The molecule has 3 nitrogen and oxygen atoms in total. The Balaban J connectivity index is 2.07. The summed E-state index contributed by atoms with van der Waals surface area (Å²) in [5, 5.41) is 9.66. The molecule has 1 aliphatic rings. The average molecular weight is 262 g/mol. The number of hydrogen-bond acceptors (Lipinski definition) is 3. The van der Waals surface area contributed by atoms with Crippen LogP contribution in [0, 0.1) is 5.41 Å². The van der Waals surface area contributed by atoms with Crippen LogP contribution in [0.25, 0.3) is 0 Å². The lowest BCUT2D eigenvalue weighted by molar-refractivity contribution is 0.197. The number of nitrogens with zero attached hydrogens (tertiary/aromatic N) is 2. The van der Waals surface area contributed by atoms with Crippen molar-refractivity contribution in [3.8, 4) is 0 Å². The maximum absolute atomic E-state index is 9.66. The molecule has 0 bridgehead atoms. The van der Waals surface area contributed by atoms with Gasteiger partial charge in [-0.3, -0.25) is 0 Å². The monoisotopic (exact) mass is 262 g/mol. The molecule has 19 heavy (non-hydrogen) atoms. The first-order chi connectivity index (χ1) is 9.10. The lowest BCUT2D eigenvalue weighted by atomic mass is 9.74. The molecule has 0 aliphatic carbocycles. The first-order valence-electron chi connectivity index (χ1n) is 7.49. The van der Waals surface area contributed by atoms with Crippen LogP contribution in [-0.2, 0) is 0 Å². The molecular weight excluding hydrogens is 236 g/mol. The fourth-order valence-electron chi connectivity index (χ4n) is 3.03. The Kier molecular flexibility index (Phi) is 4.46. The molecule has 0 spiro atoms. The maximum atomic E-state index is 9.66. The van der Waals surface area contributed by atoms with E-state index in [4.69, 9.17) is 0 Å². The maximum Gasteiger partial charge on any atom is 0.128 e. The van der Waals surface area contributed by atoms with E-state index in [0.717, 1.165) is 24.5 Å². The van der Waals surface area contributed by atoms with Crippen LogP contribution in [0.5, 0.6) is 0 Å². The van der Waals surface area contributed by atoms with Crippen molar-refractivity contribution >= 4 is 5.82 Å². The summed E-state index contributed by atoms with van der Waals surface area (Å²) in [5.41, 5.74) is 1.49. The summed E-state index contributed by atoms with van der Waals surface area (Å²) in [6, 6.07) is 3.91. The third kappa shape index (κ3) is 3.08. The van der Waals surface area contributed by atoms with Crippen molar-refractivity contribution in [3.05, 3.63) is 23.9 Å². The van der Waals surface area contributed by atoms with E-state index < -0.39 is 6.10 Å². The van der Waals surface area contributed by atoms with Gasteiger partial charge in [0.1, 0.15) is 5.82 Å². The Bertz CT molecular complexity index is 403. The molecule has 1 atom stereocenters. The SMILES string of the molecule is CCC1(CC)CCN(c2cc([C@H](C)O)ccn2)CC1. The van der Waals surface area contributed by atoms with E-state index in [1.807, 2.05) is 12.1 Å². The fraction of sp³-hybridized carbons (Fsp3) is 0.688. The second-order valence-electron chi connectivity index (χ2n) is 5.82. The molecule has 1 fully saturated rings. The molecular formula is C16H26N2O. The predicted octanol–water partition coefficient (Wildman–Crippen LogP) is 3.54. The van der Waals surface area contributed by atoms with Crippen molar-refractivity contribution in [3.63, 3.8) is 0 Å². The number of rotatable bonds is 4. The van der Waals surface area contributed by atoms with Crippen molar-refractivity contribution < 1.29 is 5.11 Å². The van der Waals surface area contributed by atoms with Crippen LogP contribution in [0.3, 0.4) is 0 Å². The zero-order valence-corrected chi connectivity index (χ0v) is 12.4. The summed E-state index contributed by atoms with van der Waals surface area (Å²) < 4.78 is 0. The van der Waals surface area contributed by atoms with E-state index in [9.17, 15) is 5.11 Å². The highest BCUT2D eigenvalue weighted by molar-refractivity contribution is 5.42. The molecule has 1 N–H and O–H groups in total. The fourth-order valence-corrected chi connectivity index (χ4v) is 3.03. The molecule has 0 aromatic carbocycles. The Morgan fingerprint density at radius 3 is 2.47 bits per heavy atom. The van der Waals surface area contributed by atoms with Gasteiger partial charge in [0.2, 0.25) is 0 Å². The van der Waals surface area contributed by atoms with Crippen molar-refractivity contribution in [1.29, 1.82) is 0 Å². The van der Waals surface area contributed by atoms with Gasteiger partial charge >= 0.3 is 0 Å². The minimum atomic E-state index is -0.420. The number of aliphatic hydroxyl groups is 1. The molecule has 0 amide bonds. The van der Waals surface area contributed by atoms with E-state index in [1.165, 1.54) is 25.7 Å². The van der Waals surface area contributed by atoms with Crippen LogP contribution in [0.4, 0.5) is 5.82 Å². The molecule has 1 saturated heterocycles. The standard InChI is InChI=1S/C16H26N2O/c1-4-16(5-2)7-10-18(11-8-16)15-12-14(13(3)19)6-9-17-15/h6,9,12-13,19H,4-5,7-8,10-11H2,1-3H3/t13-/m0/s1. The number of aliphatic hydroxyl groups excluding tert-OH is 1. The van der Waals surface area contributed by atoms with Crippen LogP contribution < -0.4 is 4.90 Å². The number of pyridine rings is 1. The molecule has 0 radical (unpaired) electrons. The third-order valence-electron chi connectivity index (χ3n) is 4.90. The largest absolute Gasteiger partial charge is 0.389 e. The number of hydrogen-bond donors (Lipinski definition) is 1. The molecule has 2 heterocycles. The van der Waals surface area contributed by atoms with Gasteiger partial charge in [-0.05, 0) is 42.9 Å². The Labute approximate surface area is 116 Å². The summed E-state index contributed by atoms with van der Waals surface area (Å²) in [6.07, 6.45) is 6.44. The van der Waals surface area contributed by atoms with Gasteiger partial charge in [-0.15, -0.1) is 0 Å². The summed E-state index contributed by atoms with van der Waals surface area (Å²) in [7, 11) is 0. The highest BCUT2D eigenvalue weighted by Crippen LogP contribution is 2.38. The molecule has 1 aromatic heterocycles. The van der Waals surface area contributed by atoms with Gasteiger partial charge in [-0.1, -0.05) is 26.7 Å². The Hall–Kier alpha value is -1.09. The molecule has 1 aromatic rings. The minimum Gasteiger partial charge on any atom is -0.389 e. The van der Waals surface area contributed by atoms with E-state index in [1.54, 1.807) is 13.1 Å². The zero-order valence-electron chi connectivity index (χ0n) is 12.4. The summed E-state index contributed by atoms with van der Waals surface area (Å²) in [6.45, 7) is 8.58. The Morgan fingerprint density at radius 2 is 1.95 bits per heavy atom. The molecule has 0 saturated carbocycles. The number of anilines is 1. The summed E-state index contributed by atoms with van der Waals surface area (Å²) in [4.78, 5) is 6.82. The van der Waals surface area contributed by atoms with E-state index >= 15 is 0 Å². The first-order valence-corrected chi connectivity index (χ1v) is 7.49. The highest BCUT2D eigenvalue weighted by atomic mass is 16.3. The lowest BCUT2D eigenvalue weighted by Crippen LogP contribution is -2.40. The van der Waals surface area contributed by atoms with Crippen molar-refractivity contribution in [1.82, 2.24) is 4.98 Å². The van der Waals surface area contributed by atoms with Gasteiger partial charge in [0, 0.05) is 19.3 Å². The van der Waals surface area contributed by atoms with E-state index in [2.05, 4.69) is 23.7 Å². The first kappa shape index (κ1) is 14.3. The van der Waals surface area contributed by atoms with Crippen molar-refractivity contribution in [2.45, 2.75) is 52.6 Å². The zero-order chi connectivity index (χ0) is 13.9. The second kappa shape index (κ2) is 5.91. The molecule has 2 rings (SSSR count). The van der Waals surface area contributed by atoms with Gasteiger partial charge in [-0.25, -0.2) is 4.98 Å². The summed E-state index contributed by atoms with van der Waals surface area (Å²) >= 11 is 0. The van der Waals surface area contributed by atoms with E-state index in [0.29, 0.717) is 5.41 Å². The second-order valence-corrected chi connectivity index (χ2v) is 5.82. The molecule has 0 unspecified atom stereocenters. The Morgan fingerprint density at radius 1 is 1.32 bits per heavy atom. The predicted molar refractivity (Wildman–Crippen MR) is 79.3 cm³/mol. The molecule has 3 heteroatoms. The minimum absolute atomic E-state index is 0.420. The van der Waals surface area contributed by atoms with Gasteiger partial charge in [-0.2, -0.15) is 0 Å². The summed E-state index contributed by atoms with van der Waals surface area (Å²) in [5.74, 6) is 1.01. The average Bonchev–Trinajstić information content (AvgIpc) is 2.47. The molecule has 1 aliphatic heterocycles. The van der Waals surface area contributed by atoms with Crippen LogP contribution in [0.1, 0.15) is 58.1 Å². The van der Waals surface area contributed by atoms with Gasteiger partial charge < -0.3 is 10.0 Å². The third-order valence-corrected chi connectivity index (χ3v) is 4.90. The topological polar surface area (TPSA) is 36.4 Å². The highest BCUT2D eigenvalue weighted by Gasteiger charge is 2.31. The van der Waals surface area contributed by atoms with Gasteiger partial charge in [0.25, 0.3) is 0 Å². The van der Waals surface area contributed by atoms with Crippen LogP contribution >= 0.6 is 0 Å². The van der Waals surface area contributed by atoms with Crippen LogP contribution in [-0.4, -0.2) is 23.2 Å². The van der Waals surface area contributed by atoms with E-state index in [-0.39, 0.29) is 0 Å². The van der Waals surface area contributed by atoms with Crippen molar-refractivity contribution in [2.24, 2.45) is 5.41 Å². The van der Waals surface area contributed by atoms with Crippen LogP contribution in [0.15, 0.2) is 18.3 Å². The van der Waals surface area contributed by atoms with Gasteiger partial charge in [0.15, 0.2) is 0 Å².